The first kappa shape index (κ1) is 9.97. The summed E-state index contributed by atoms with van der Waals surface area (Å²) in [6.07, 6.45) is 2.83. The van der Waals surface area contributed by atoms with Gasteiger partial charge in [0.05, 0.1) is 0 Å². The Labute approximate surface area is 67.1 Å². The number of allylic oxidation sites excluding steroid dienone is 1. The average molecular weight is 175 g/mol. The van der Waals surface area contributed by atoms with Crippen LogP contribution >= 0.6 is 18.4 Å². The van der Waals surface area contributed by atoms with E-state index in [2.05, 4.69) is 5.73 Å². The highest BCUT2D eigenvalue weighted by Gasteiger charge is 2.08. The van der Waals surface area contributed by atoms with E-state index in [0.717, 1.165) is 12.2 Å². The van der Waals surface area contributed by atoms with Crippen molar-refractivity contribution < 1.29 is 4.57 Å². The molecule has 10 heavy (non-hydrogen) atoms. The van der Waals surface area contributed by atoms with E-state index in [1.165, 1.54) is 11.4 Å². The van der Waals surface area contributed by atoms with Gasteiger partial charge >= 0.3 is 7.00 Å². The van der Waals surface area contributed by atoms with Gasteiger partial charge in [0.2, 0.25) is 5.82 Å². The minimum absolute atomic E-state index is 0.902. The summed E-state index contributed by atoms with van der Waals surface area (Å²) in [5, 5.41) is 0. The van der Waals surface area contributed by atoms with Crippen LogP contribution in [0.15, 0.2) is 17.6 Å². The van der Waals surface area contributed by atoms with Gasteiger partial charge in [-0.3, -0.25) is 0 Å². The van der Waals surface area contributed by atoms with E-state index in [0.29, 0.717) is 0 Å². The number of hydrogen-bond acceptors (Lipinski definition) is 2. The Hall–Kier alpha value is -0.0300. The molecule has 1 nitrogen and oxygen atoms in total. The molecule has 0 amide bonds. The van der Waals surface area contributed by atoms with Crippen LogP contribution in [-0.4, -0.2) is 5.75 Å². The largest absolute Gasteiger partial charge is 0.449 e. The molecular formula is C7H12OPS+. The lowest BCUT2D eigenvalue weighted by molar-refractivity contribution is 0.600. The third-order valence-corrected chi connectivity index (χ3v) is 3.49. The molecule has 0 saturated carbocycles. The van der Waals surface area contributed by atoms with Crippen molar-refractivity contribution in [3.05, 3.63) is 17.6 Å². The standard InChI is InChI=1S/C7H12OPS/c1-3-5-6-7-9(8)10-4-2/h5,7H,3-4H2,1-2H3/q+1. The second-order valence-electron chi connectivity index (χ2n) is 1.61. The van der Waals surface area contributed by atoms with Crippen molar-refractivity contribution >= 4 is 18.4 Å². The molecule has 0 aliphatic heterocycles. The molecule has 0 rings (SSSR count). The summed E-state index contributed by atoms with van der Waals surface area (Å²) in [5.41, 5.74) is 2.87. The maximum absolute atomic E-state index is 10.9. The van der Waals surface area contributed by atoms with Crippen LogP contribution < -0.4 is 0 Å². The van der Waals surface area contributed by atoms with Crippen LogP contribution in [0.5, 0.6) is 0 Å². The molecule has 1 atom stereocenters. The maximum Gasteiger partial charge on any atom is 0.449 e. The smallest absolute Gasteiger partial charge is 0.0751 e. The molecule has 0 bridgehead atoms. The maximum atomic E-state index is 10.9. The zero-order valence-electron chi connectivity index (χ0n) is 6.33. The van der Waals surface area contributed by atoms with Crippen molar-refractivity contribution in [1.82, 2.24) is 0 Å². The fourth-order valence-corrected chi connectivity index (χ4v) is 2.12. The molecule has 0 saturated heterocycles. The first-order chi connectivity index (χ1) is 4.81. The summed E-state index contributed by atoms with van der Waals surface area (Å²) in [6.45, 7) is 4.02. The molecule has 0 fully saturated rings. The lowest BCUT2D eigenvalue weighted by atomic mass is 10.5. The molecule has 0 aromatic rings. The van der Waals surface area contributed by atoms with E-state index < -0.39 is 7.00 Å². The highest BCUT2D eigenvalue weighted by atomic mass is 32.7. The predicted octanol–water partition coefficient (Wildman–Crippen LogP) is 3.56. The van der Waals surface area contributed by atoms with Gasteiger partial charge in [0.25, 0.3) is 0 Å². The van der Waals surface area contributed by atoms with Crippen LogP contribution in [0.2, 0.25) is 0 Å². The Morgan fingerprint density at radius 2 is 2.30 bits per heavy atom. The van der Waals surface area contributed by atoms with E-state index in [-0.39, 0.29) is 0 Å². The molecule has 3 heteroatoms. The van der Waals surface area contributed by atoms with Gasteiger partial charge in [0, 0.05) is 5.75 Å². The van der Waals surface area contributed by atoms with Crippen molar-refractivity contribution in [2.24, 2.45) is 0 Å². The fourth-order valence-electron chi connectivity index (χ4n) is 0.396. The fraction of sp³-hybridized carbons (Fsp3) is 0.571. The summed E-state index contributed by atoms with van der Waals surface area (Å²) in [4.78, 5) is 0. The number of rotatable bonds is 4. The van der Waals surface area contributed by atoms with Gasteiger partial charge in [-0.1, -0.05) is 24.1 Å². The van der Waals surface area contributed by atoms with E-state index in [1.807, 2.05) is 19.9 Å². The summed E-state index contributed by atoms with van der Waals surface area (Å²) in [7, 11) is -1.19. The van der Waals surface area contributed by atoms with Crippen LogP contribution in [0, 0.1) is 0 Å². The molecule has 0 spiro atoms. The quantitative estimate of drug-likeness (QED) is 0.480. The van der Waals surface area contributed by atoms with Crippen molar-refractivity contribution in [2.75, 3.05) is 5.75 Å². The third-order valence-electron chi connectivity index (χ3n) is 0.758. The van der Waals surface area contributed by atoms with Gasteiger partial charge in [0.15, 0.2) is 0 Å². The average Bonchev–Trinajstić information content (AvgIpc) is 1.89. The van der Waals surface area contributed by atoms with E-state index in [1.54, 1.807) is 5.82 Å². The van der Waals surface area contributed by atoms with Gasteiger partial charge in [-0.25, -0.2) is 0 Å². The summed E-state index contributed by atoms with van der Waals surface area (Å²) in [6, 6.07) is 0. The summed E-state index contributed by atoms with van der Waals surface area (Å²) in [5.74, 6) is 2.53. The lowest BCUT2D eigenvalue weighted by Gasteiger charge is -1.69. The van der Waals surface area contributed by atoms with Crippen LogP contribution in [-0.2, 0) is 4.57 Å². The highest BCUT2D eigenvalue weighted by Crippen LogP contribution is 2.37. The minimum atomic E-state index is -1.19. The monoisotopic (exact) mass is 175 g/mol. The Kier molecular flexibility index (Phi) is 7.06. The van der Waals surface area contributed by atoms with Crippen LogP contribution in [0.3, 0.4) is 0 Å². The molecule has 0 heterocycles. The van der Waals surface area contributed by atoms with Crippen LogP contribution in [0.4, 0.5) is 0 Å². The van der Waals surface area contributed by atoms with Gasteiger partial charge in [-0.2, -0.15) is 0 Å². The molecule has 0 radical (unpaired) electrons. The molecular weight excluding hydrogens is 163 g/mol. The van der Waals surface area contributed by atoms with Gasteiger partial charge in [0.1, 0.15) is 11.4 Å². The first-order valence-electron chi connectivity index (χ1n) is 3.31. The lowest BCUT2D eigenvalue weighted by Crippen LogP contribution is -1.53. The third kappa shape index (κ3) is 6.10. The zero-order chi connectivity index (χ0) is 7.82. The van der Waals surface area contributed by atoms with Gasteiger partial charge in [-0.15, -0.1) is 0 Å². The second kappa shape index (κ2) is 7.08. The van der Waals surface area contributed by atoms with E-state index in [4.69, 9.17) is 0 Å². The Bertz CT molecular complexity index is 159. The SMILES string of the molecule is CCC=C=C[P+](=O)SCC. The minimum Gasteiger partial charge on any atom is -0.0751 e. The molecule has 0 aromatic carbocycles. The van der Waals surface area contributed by atoms with Crippen molar-refractivity contribution in [2.45, 2.75) is 20.3 Å². The summed E-state index contributed by atoms with van der Waals surface area (Å²) >= 11 is 1.45. The Morgan fingerprint density at radius 3 is 2.80 bits per heavy atom. The van der Waals surface area contributed by atoms with Gasteiger partial charge < -0.3 is 0 Å². The zero-order valence-corrected chi connectivity index (χ0v) is 8.04. The van der Waals surface area contributed by atoms with E-state index in [9.17, 15) is 4.57 Å². The predicted molar refractivity (Wildman–Crippen MR) is 48.7 cm³/mol. The van der Waals surface area contributed by atoms with Crippen LogP contribution in [0.1, 0.15) is 20.3 Å². The first-order valence-corrected chi connectivity index (χ1v) is 6.23. The Balaban J connectivity index is 3.66. The van der Waals surface area contributed by atoms with Crippen molar-refractivity contribution in [3.8, 4) is 0 Å². The molecule has 0 aliphatic rings. The molecule has 0 aromatic heterocycles. The second-order valence-corrected chi connectivity index (χ2v) is 5.13. The van der Waals surface area contributed by atoms with E-state index >= 15 is 0 Å². The summed E-state index contributed by atoms with van der Waals surface area (Å²) < 4.78 is 10.9. The van der Waals surface area contributed by atoms with Crippen LogP contribution in [0.25, 0.3) is 0 Å². The van der Waals surface area contributed by atoms with Gasteiger partial charge in [-0.05, 0) is 12.5 Å². The topological polar surface area (TPSA) is 17.1 Å². The highest BCUT2D eigenvalue weighted by molar-refractivity contribution is 8.52. The number of hydrogen-bond donors (Lipinski definition) is 0. The Morgan fingerprint density at radius 1 is 1.60 bits per heavy atom. The molecule has 0 aliphatic carbocycles. The van der Waals surface area contributed by atoms with Crippen molar-refractivity contribution in [1.29, 1.82) is 0 Å². The molecule has 0 N–H and O–H groups in total. The van der Waals surface area contributed by atoms with Crippen molar-refractivity contribution in [3.63, 3.8) is 0 Å². The molecule has 56 valence electrons. The normalized spacial score (nSPS) is 10.0. The molecule has 1 unspecified atom stereocenters.